The smallest absolute Gasteiger partial charge is 0.315 e. The molecule has 0 spiro atoms. The van der Waals surface area contributed by atoms with E-state index in [0.717, 1.165) is 19.3 Å². The van der Waals surface area contributed by atoms with Crippen LogP contribution < -0.4 is 21.3 Å². The van der Waals surface area contributed by atoms with Gasteiger partial charge in [-0.3, -0.25) is 33.7 Å². The van der Waals surface area contributed by atoms with Crippen molar-refractivity contribution in [3.05, 3.63) is 12.7 Å². The molecule has 52 heavy (non-hydrogen) atoms. The highest BCUT2D eigenvalue weighted by Crippen LogP contribution is 2.65. The molecular weight excluding hydrogens is 664 g/mol. The zero-order valence-corrected chi connectivity index (χ0v) is 32.9. The van der Waals surface area contributed by atoms with Crippen molar-refractivity contribution in [2.45, 2.75) is 132 Å². The van der Waals surface area contributed by atoms with Gasteiger partial charge >= 0.3 is 6.03 Å². The molecule has 4 rings (SSSR count). The van der Waals surface area contributed by atoms with Crippen molar-refractivity contribution >= 4 is 41.4 Å². The van der Waals surface area contributed by atoms with E-state index in [1.54, 1.807) is 0 Å². The van der Waals surface area contributed by atoms with Gasteiger partial charge in [-0.25, -0.2) is 4.79 Å². The fourth-order valence-corrected chi connectivity index (χ4v) is 8.05. The molecule has 2 saturated carbocycles. The number of carbonyl (C=O) groups is 7. The van der Waals surface area contributed by atoms with Crippen LogP contribution in [0.25, 0.3) is 0 Å². The largest absolute Gasteiger partial charge is 0.346 e. The first-order valence-corrected chi connectivity index (χ1v) is 18.8. The molecule has 4 aliphatic rings. The Hall–Kier alpha value is -3.77. The minimum absolute atomic E-state index is 0.00202. The second-order valence-corrected chi connectivity index (χ2v) is 19.1. The highest BCUT2D eigenvalue weighted by molar-refractivity contribution is 6.38. The quantitative estimate of drug-likeness (QED) is 0.128. The van der Waals surface area contributed by atoms with Crippen molar-refractivity contribution in [2.75, 3.05) is 19.6 Å². The minimum atomic E-state index is -1.04. The number of amides is 7. The fourth-order valence-electron chi connectivity index (χ4n) is 8.05. The molecule has 1 unspecified atom stereocenters. The van der Waals surface area contributed by atoms with Gasteiger partial charge in [-0.1, -0.05) is 94.6 Å². The van der Waals surface area contributed by atoms with E-state index in [1.165, 1.54) is 15.9 Å². The molecule has 0 aromatic carbocycles. The number of fused-ring (bicyclic) bond motifs is 1. The van der Waals surface area contributed by atoms with E-state index in [9.17, 15) is 33.6 Å². The number of ketones is 1. The number of hydrogen-bond donors (Lipinski definition) is 4. The molecule has 290 valence electrons. The lowest BCUT2D eigenvalue weighted by atomic mass is 9.80. The molecule has 0 bridgehead atoms. The van der Waals surface area contributed by atoms with Crippen LogP contribution in [0.3, 0.4) is 0 Å². The van der Waals surface area contributed by atoms with Gasteiger partial charge in [-0.2, -0.15) is 0 Å². The first kappa shape index (κ1) is 41.0. The highest BCUT2D eigenvalue weighted by atomic mass is 16.2. The molecule has 2 aliphatic heterocycles. The van der Waals surface area contributed by atoms with Crippen LogP contribution in [-0.4, -0.2) is 95.0 Å². The molecule has 2 aliphatic carbocycles. The van der Waals surface area contributed by atoms with Crippen LogP contribution in [0, 0.1) is 39.4 Å². The number of hydrogen-bond acceptors (Lipinski definition) is 7. The van der Waals surface area contributed by atoms with Crippen LogP contribution in [0.15, 0.2) is 12.7 Å². The van der Waals surface area contributed by atoms with Crippen LogP contribution in [0.1, 0.15) is 108 Å². The number of carbonyl (C=O) groups excluding carboxylic acids is 7. The van der Waals surface area contributed by atoms with E-state index in [4.69, 9.17) is 0 Å². The highest BCUT2D eigenvalue weighted by Gasteiger charge is 2.70. The van der Waals surface area contributed by atoms with Crippen LogP contribution >= 0.6 is 0 Å². The van der Waals surface area contributed by atoms with Crippen LogP contribution in [0.4, 0.5) is 4.79 Å². The molecule has 4 fully saturated rings. The van der Waals surface area contributed by atoms with Gasteiger partial charge in [-0.15, -0.1) is 6.58 Å². The van der Waals surface area contributed by atoms with Crippen molar-refractivity contribution in [1.82, 2.24) is 31.1 Å². The van der Waals surface area contributed by atoms with Crippen molar-refractivity contribution in [3.63, 3.8) is 0 Å². The Morgan fingerprint density at radius 1 is 0.904 bits per heavy atom. The number of urea groups is 1. The Morgan fingerprint density at radius 2 is 1.50 bits per heavy atom. The number of nitrogens with one attached hydrogen (secondary N) is 4. The van der Waals surface area contributed by atoms with E-state index in [1.807, 2.05) is 55.4 Å². The Labute approximate surface area is 309 Å². The summed E-state index contributed by atoms with van der Waals surface area (Å²) < 4.78 is 0. The number of rotatable bonds is 13. The zero-order chi connectivity index (χ0) is 39.1. The van der Waals surface area contributed by atoms with Crippen molar-refractivity contribution in [3.8, 4) is 0 Å². The van der Waals surface area contributed by atoms with E-state index in [0.29, 0.717) is 13.0 Å². The summed E-state index contributed by atoms with van der Waals surface area (Å²) >= 11 is 0. The average molecular weight is 727 g/mol. The first-order valence-electron chi connectivity index (χ1n) is 18.8. The molecule has 2 heterocycles. The average Bonchev–Trinajstić information content (AvgIpc) is 3.29. The maximum Gasteiger partial charge on any atom is 0.315 e. The predicted octanol–water partition coefficient (Wildman–Crippen LogP) is 3.32. The van der Waals surface area contributed by atoms with Crippen LogP contribution in [0.2, 0.25) is 0 Å². The number of nitrogens with zero attached hydrogens (tertiary/aromatic N) is 2. The lowest BCUT2D eigenvalue weighted by molar-refractivity contribution is -0.153. The second-order valence-electron chi connectivity index (χ2n) is 19.1. The monoisotopic (exact) mass is 726 g/mol. The van der Waals surface area contributed by atoms with Gasteiger partial charge in [0.1, 0.15) is 12.1 Å². The molecule has 0 radical (unpaired) electrons. The van der Waals surface area contributed by atoms with E-state index in [-0.39, 0.29) is 60.9 Å². The van der Waals surface area contributed by atoms with E-state index >= 15 is 0 Å². The number of Topliss-reactive ketones (excluding diaryl/α,β-unsaturated/α-hetero) is 1. The van der Waals surface area contributed by atoms with Crippen molar-refractivity contribution in [1.29, 1.82) is 0 Å². The maximum atomic E-state index is 14.5. The van der Waals surface area contributed by atoms with Gasteiger partial charge in [0.15, 0.2) is 0 Å². The van der Waals surface area contributed by atoms with Gasteiger partial charge in [0.05, 0.1) is 12.1 Å². The van der Waals surface area contributed by atoms with Crippen molar-refractivity contribution in [2.24, 2.45) is 39.4 Å². The summed E-state index contributed by atoms with van der Waals surface area (Å²) in [5, 5.41) is 11.2. The number of imide groups is 1. The van der Waals surface area contributed by atoms with E-state index < -0.39 is 69.9 Å². The number of piperidine rings is 2. The third-order valence-corrected chi connectivity index (χ3v) is 11.8. The minimum Gasteiger partial charge on any atom is -0.346 e. The third-order valence-electron chi connectivity index (χ3n) is 11.8. The van der Waals surface area contributed by atoms with Gasteiger partial charge in [0.25, 0.3) is 5.91 Å². The third kappa shape index (κ3) is 9.05. The lowest BCUT2D eigenvalue weighted by Crippen LogP contribution is -2.63. The molecule has 13 heteroatoms. The Morgan fingerprint density at radius 3 is 2.00 bits per heavy atom. The predicted molar refractivity (Wildman–Crippen MR) is 196 cm³/mol. The summed E-state index contributed by atoms with van der Waals surface area (Å²) in [6.07, 6.45) is 5.14. The zero-order valence-electron chi connectivity index (χ0n) is 32.9. The van der Waals surface area contributed by atoms with Gasteiger partial charge in [-0.05, 0) is 45.8 Å². The molecule has 2 saturated heterocycles. The Bertz CT molecular complexity index is 1450. The Kier molecular flexibility index (Phi) is 11.8. The summed E-state index contributed by atoms with van der Waals surface area (Å²) in [6, 6.07) is -4.21. The summed E-state index contributed by atoms with van der Waals surface area (Å²) in [5.74, 6) is -2.87. The van der Waals surface area contributed by atoms with Crippen LogP contribution in [-0.2, 0) is 28.8 Å². The Balaban J connectivity index is 1.53. The molecule has 0 aromatic heterocycles. The van der Waals surface area contributed by atoms with Gasteiger partial charge in [0, 0.05) is 32.5 Å². The normalized spacial score (nSPS) is 25.5. The topological polar surface area (TPSA) is 174 Å². The lowest BCUT2D eigenvalue weighted by Gasteiger charge is -2.41. The van der Waals surface area contributed by atoms with Crippen LogP contribution in [0.5, 0.6) is 0 Å². The summed E-state index contributed by atoms with van der Waals surface area (Å²) in [7, 11) is 0. The molecule has 13 nitrogen and oxygen atoms in total. The summed E-state index contributed by atoms with van der Waals surface area (Å²) in [6.45, 7) is 23.1. The molecule has 7 amide bonds. The molecular formula is C39H62N6O7. The SMILES string of the molecule is C=CCNC(=O)C(=O)C(CC1CCC1)NC(=O)[C@@H]1[C@@H]2[C@H](CN1C(=O)[C@@H](NC(=O)N[C@@H](CN1C(=O)CC(C)(C)CC1=O)C(C)(C)C)C(C)(C)C)C2(C)C. The fraction of sp³-hybridized carbons (Fsp3) is 0.769. The van der Waals surface area contributed by atoms with Gasteiger partial charge in [0.2, 0.25) is 29.4 Å². The second kappa shape index (κ2) is 14.9. The molecule has 0 aromatic rings. The molecule has 6 atom stereocenters. The summed E-state index contributed by atoms with van der Waals surface area (Å²) in [4.78, 5) is 97.1. The first-order chi connectivity index (χ1) is 23.9. The molecule has 4 N–H and O–H groups in total. The van der Waals surface area contributed by atoms with E-state index in [2.05, 4.69) is 41.7 Å². The van der Waals surface area contributed by atoms with Gasteiger partial charge < -0.3 is 26.2 Å². The standard InChI is InChI=1S/C39H62N6O7/c1-12-16-40-33(50)30(48)24(17-22-14-13-15-22)41-32(49)29-28-23(39(28,10)11)20-45(29)34(51)31(37(5,6)7)43-35(52)42-25(36(2,3)4)21-44-26(46)18-38(8,9)19-27(44)47/h12,22-25,28-29,31H,1,13-21H2,2-11H3,(H,40,50)(H,41,49)(H2,42,43,52)/t23-,24?,25-,28-,29-,31+/m0/s1. The van der Waals surface area contributed by atoms with Crippen molar-refractivity contribution < 1.29 is 33.6 Å². The number of likely N-dealkylation sites (tertiary alicyclic amines) is 2. The maximum absolute atomic E-state index is 14.5. The summed E-state index contributed by atoms with van der Waals surface area (Å²) in [5.41, 5.74) is -1.97.